The Kier molecular flexibility index (Phi) is 5.19. The summed E-state index contributed by atoms with van der Waals surface area (Å²) < 4.78 is 14.7. The number of halogens is 3. The predicted molar refractivity (Wildman–Crippen MR) is 85.5 cm³/mol. The lowest BCUT2D eigenvalue weighted by Crippen LogP contribution is -2.23. The highest BCUT2D eigenvalue weighted by Crippen LogP contribution is 2.25. The van der Waals surface area contributed by atoms with Crippen LogP contribution in [0.3, 0.4) is 0 Å². The molecule has 1 N–H and O–H groups in total. The van der Waals surface area contributed by atoms with Gasteiger partial charge in [-0.25, -0.2) is 4.39 Å². The van der Waals surface area contributed by atoms with E-state index in [9.17, 15) is 4.39 Å². The van der Waals surface area contributed by atoms with Crippen molar-refractivity contribution in [2.75, 3.05) is 0 Å². The molecule has 2 aromatic carbocycles. The predicted octanol–water partition coefficient (Wildman–Crippen LogP) is 5.65. The highest BCUT2D eigenvalue weighted by Gasteiger charge is 2.15. The van der Waals surface area contributed by atoms with Crippen LogP contribution in [0.25, 0.3) is 0 Å². The van der Waals surface area contributed by atoms with Crippen LogP contribution in [0.4, 0.5) is 4.39 Å². The molecule has 2 atom stereocenters. The summed E-state index contributed by atoms with van der Waals surface area (Å²) in [4.78, 5) is 0. The van der Waals surface area contributed by atoms with E-state index in [-0.39, 0.29) is 17.9 Å². The lowest BCUT2D eigenvalue weighted by atomic mass is 10.0. The monoisotopic (exact) mass is 355 g/mol. The van der Waals surface area contributed by atoms with Crippen molar-refractivity contribution in [2.24, 2.45) is 0 Å². The van der Waals surface area contributed by atoms with Gasteiger partial charge >= 0.3 is 0 Å². The molecule has 0 bridgehead atoms. The van der Waals surface area contributed by atoms with E-state index in [2.05, 4.69) is 21.2 Å². The van der Waals surface area contributed by atoms with E-state index in [0.29, 0.717) is 10.6 Å². The average Bonchev–Trinajstić information content (AvgIpc) is 2.41. The third kappa shape index (κ3) is 3.81. The second-order valence-corrected chi connectivity index (χ2v) is 6.18. The topological polar surface area (TPSA) is 12.0 Å². The maximum Gasteiger partial charge on any atom is 0.128 e. The van der Waals surface area contributed by atoms with Gasteiger partial charge < -0.3 is 5.32 Å². The van der Waals surface area contributed by atoms with Crippen molar-refractivity contribution in [1.29, 1.82) is 0 Å². The summed E-state index contributed by atoms with van der Waals surface area (Å²) in [5.41, 5.74) is 1.73. The molecule has 0 aliphatic carbocycles. The quantitative estimate of drug-likeness (QED) is 0.746. The molecule has 106 valence electrons. The third-order valence-electron chi connectivity index (χ3n) is 3.27. The van der Waals surface area contributed by atoms with E-state index in [1.165, 1.54) is 6.07 Å². The van der Waals surface area contributed by atoms with Gasteiger partial charge in [-0.2, -0.15) is 0 Å². The zero-order valence-electron chi connectivity index (χ0n) is 11.3. The number of hydrogen-bond donors (Lipinski definition) is 1. The highest BCUT2D eigenvalue weighted by molar-refractivity contribution is 9.10. The average molecular weight is 357 g/mol. The molecule has 0 saturated heterocycles. The SMILES string of the molecule is CC(NC(C)c1cc(Br)ccc1F)c1cccc(Cl)c1. The van der Waals surface area contributed by atoms with Crippen LogP contribution in [-0.2, 0) is 0 Å². The standard InChI is InChI=1S/C16H16BrClFN/c1-10(12-4-3-5-14(18)8-12)20-11(2)15-9-13(17)6-7-16(15)19/h3-11,20H,1-2H3. The summed E-state index contributed by atoms with van der Waals surface area (Å²) in [6.45, 7) is 3.99. The van der Waals surface area contributed by atoms with E-state index in [0.717, 1.165) is 10.0 Å². The van der Waals surface area contributed by atoms with Crippen LogP contribution in [0.5, 0.6) is 0 Å². The van der Waals surface area contributed by atoms with Gasteiger partial charge in [0.05, 0.1) is 0 Å². The van der Waals surface area contributed by atoms with Crippen molar-refractivity contribution in [2.45, 2.75) is 25.9 Å². The molecule has 2 rings (SSSR count). The smallest absolute Gasteiger partial charge is 0.128 e. The summed E-state index contributed by atoms with van der Waals surface area (Å²) in [6, 6.07) is 12.7. The fraction of sp³-hybridized carbons (Fsp3) is 0.250. The van der Waals surface area contributed by atoms with Crippen molar-refractivity contribution in [3.8, 4) is 0 Å². The lowest BCUT2D eigenvalue weighted by Gasteiger charge is -2.21. The Morgan fingerprint density at radius 2 is 1.85 bits per heavy atom. The molecule has 20 heavy (non-hydrogen) atoms. The molecular weight excluding hydrogens is 341 g/mol. The number of hydrogen-bond acceptors (Lipinski definition) is 1. The first-order valence-corrected chi connectivity index (χ1v) is 7.61. The van der Waals surface area contributed by atoms with Gasteiger partial charge in [-0.05, 0) is 49.7 Å². The van der Waals surface area contributed by atoms with Crippen molar-refractivity contribution < 1.29 is 4.39 Å². The van der Waals surface area contributed by atoms with E-state index in [4.69, 9.17) is 11.6 Å². The van der Waals surface area contributed by atoms with Crippen molar-refractivity contribution in [1.82, 2.24) is 5.32 Å². The number of nitrogens with one attached hydrogen (secondary N) is 1. The van der Waals surface area contributed by atoms with Gasteiger partial charge in [0, 0.05) is 27.1 Å². The first-order valence-electron chi connectivity index (χ1n) is 6.44. The van der Waals surface area contributed by atoms with Gasteiger partial charge in [0.15, 0.2) is 0 Å². The maximum atomic E-state index is 13.9. The molecule has 0 fully saturated rings. The van der Waals surface area contributed by atoms with Crippen molar-refractivity contribution in [3.63, 3.8) is 0 Å². The van der Waals surface area contributed by atoms with E-state index >= 15 is 0 Å². The number of rotatable bonds is 4. The van der Waals surface area contributed by atoms with Crippen molar-refractivity contribution in [3.05, 3.63) is 68.9 Å². The Morgan fingerprint density at radius 1 is 1.10 bits per heavy atom. The summed E-state index contributed by atoms with van der Waals surface area (Å²) in [5, 5.41) is 4.09. The molecule has 0 heterocycles. The van der Waals surface area contributed by atoms with Crippen LogP contribution in [0.1, 0.15) is 37.1 Å². The highest BCUT2D eigenvalue weighted by atomic mass is 79.9. The third-order valence-corrected chi connectivity index (χ3v) is 4.00. The molecular formula is C16H16BrClFN. The summed E-state index contributed by atoms with van der Waals surface area (Å²) >= 11 is 9.37. The first kappa shape index (κ1) is 15.5. The fourth-order valence-corrected chi connectivity index (χ4v) is 2.76. The fourth-order valence-electron chi connectivity index (χ4n) is 2.18. The van der Waals surface area contributed by atoms with Crippen LogP contribution >= 0.6 is 27.5 Å². The summed E-state index contributed by atoms with van der Waals surface area (Å²) in [7, 11) is 0. The normalized spacial score (nSPS) is 14.1. The largest absolute Gasteiger partial charge is 0.304 e. The molecule has 0 saturated carbocycles. The zero-order chi connectivity index (χ0) is 14.7. The summed E-state index contributed by atoms with van der Waals surface area (Å²) in [5.74, 6) is -0.202. The Labute approximate surface area is 132 Å². The van der Waals surface area contributed by atoms with Crippen LogP contribution in [0.2, 0.25) is 5.02 Å². The first-order chi connectivity index (χ1) is 9.47. The molecule has 2 unspecified atom stereocenters. The van der Waals surface area contributed by atoms with E-state index in [1.54, 1.807) is 12.1 Å². The second-order valence-electron chi connectivity index (χ2n) is 4.83. The van der Waals surface area contributed by atoms with Crippen LogP contribution in [0, 0.1) is 5.82 Å². The van der Waals surface area contributed by atoms with E-state index < -0.39 is 0 Å². The second kappa shape index (κ2) is 6.70. The van der Waals surface area contributed by atoms with Gasteiger partial charge in [0.2, 0.25) is 0 Å². The molecule has 0 spiro atoms. The molecule has 0 aliphatic rings. The summed E-state index contributed by atoms with van der Waals surface area (Å²) in [6.07, 6.45) is 0. The van der Waals surface area contributed by atoms with Crippen molar-refractivity contribution >= 4 is 27.5 Å². The van der Waals surface area contributed by atoms with E-state index in [1.807, 2.05) is 38.1 Å². The zero-order valence-corrected chi connectivity index (χ0v) is 13.7. The van der Waals surface area contributed by atoms with Crippen LogP contribution in [0.15, 0.2) is 46.9 Å². The molecule has 0 radical (unpaired) electrons. The molecule has 0 amide bonds. The van der Waals surface area contributed by atoms with Crippen LogP contribution in [-0.4, -0.2) is 0 Å². The van der Waals surface area contributed by atoms with Gasteiger partial charge in [-0.1, -0.05) is 39.7 Å². The number of benzene rings is 2. The Morgan fingerprint density at radius 3 is 2.55 bits per heavy atom. The molecule has 4 heteroatoms. The van der Waals surface area contributed by atoms with Crippen LogP contribution < -0.4 is 5.32 Å². The van der Waals surface area contributed by atoms with Gasteiger partial charge in [0.1, 0.15) is 5.82 Å². The Balaban J connectivity index is 2.15. The minimum Gasteiger partial charge on any atom is -0.304 e. The molecule has 0 aliphatic heterocycles. The van der Waals surface area contributed by atoms with Gasteiger partial charge in [-0.3, -0.25) is 0 Å². The Bertz CT molecular complexity index is 603. The van der Waals surface area contributed by atoms with Gasteiger partial charge in [-0.15, -0.1) is 0 Å². The van der Waals surface area contributed by atoms with Gasteiger partial charge in [0.25, 0.3) is 0 Å². The molecule has 1 nitrogen and oxygen atoms in total. The minimum atomic E-state index is -0.202. The minimum absolute atomic E-state index is 0.0853. The molecule has 0 aromatic heterocycles. The Hall–Kier alpha value is -0.900. The maximum absolute atomic E-state index is 13.9. The lowest BCUT2D eigenvalue weighted by molar-refractivity contribution is 0.474. The molecule has 2 aromatic rings.